The normalized spacial score (nSPS) is 18.6. The third-order valence-electron chi connectivity index (χ3n) is 9.09. The van der Waals surface area contributed by atoms with Crippen LogP contribution in [0.3, 0.4) is 0 Å². The minimum absolute atomic E-state index is 0.0285. The maximum Gasteiger partial charge on any atom is 0.261 e. The number of nitrogens with zero attached hydrogens (tertiary/aromatic N) is 5. The maximum atomic E-state index is 13.0. The van der Waals surface area contributed by atoms with Gasteiger partial charge in [0.1, 0.15) is 0 Å². The summed E-state index contributed by atoms with van der Waals surface area (Å²) in [6.45, 7) is 0.150. The van der Waals surface area contributed by atoms with Gasteiger partial charge in [0.05, 0.1) is 42.2 Å². The molecule has 0 saturated carbocycles. The lowest BCUT2D eigenvalue weighted by atomic mass is 9.99. The molecule has 0 radical (unpaired) electrons. The molecule has 1 aromatic heterocycles. The molecule has 11 heteroatoms. The van der Waals surface area contributed by atoms with Crippen molar-refractivity contribution in [2.75, 3.05) is 5.75 Å². The second-order valence-electron chi connectivity index (χ2n) is 12.4. The van der Waals surface area contributed by atoms with Gasteiger partial charge < -0.3 is 14.6 Å². The highest BCUT2D eigenvalue weighted by Gasteiger charge is 2.35. The van der Waals surface area contributed by atoms with E-state index in [2.05, 4.69) is 21.6 Å². The van der Waals surface area contributed by atoms with Crippen LogP contribution < -0.4 is 0 Å². The molecular weight excluding hydrogens is 663 g/mol. The van der Waals surface area contributed by atoms with Crippen LogP contribution in [0.1, 0.15) is 61.8 Å². The Bertz CT molecular complexity index is 2160. The van der Waals surface area contributed by atoms with E-state index in [1.54, 1.807) is 28.9 Å². The third kappa shape index (κ3) is 6.84. The van der Waals surface area contributed by atoms with Gasteiger partial charge in [0.2, 0.25) is 5.16 Å². The number of carbonyl (C=O) groups is 2. The van der Waals surface area contributed by atoms with E-state index < -0.39 is 6.29 Å². The van der Waals surface area contributed by atoms with Gasteiger partial charge in [0, 0.05) is 17.7 Å². The van der Waals surface area contributed by atoms with Crippen molar-refractivity contribution in [1.82, 2.24) is 25.1 Å². The molecule has 1 saturated heterocycles. The van der Waals surface area contributed by atoms with Crippen LogP contribution in [0, 0.1) is 0 Å². The van der Waals surface area contributed by atoms with Crippen LogP contribution in [0.25, 0.3) is 16.8 Å². The Labute approximate surface area is 298 Å². The van der Waals surface area contributed by atoms with Crippen molar-refractivity contribution in [1.29, 1.82) is 0 Å². The van der Waals surface area contributed by atoms with Gasteiger partial charge in [0.25, 0.3) is 11.8 Å². The first-order valence-corrected chi connectivity index (χ1v) is 17.6. The SMILES string of the molecule is O=C1c2ccccc2C(=O)N1Cc1cccc(-c2cccc([C@@H]3O[C@H](CSc4nnnn4-c4ccccc4)C[C@H](c4ccc(CO)cc4)O3)c2)c1. The maximum absolute atomic E-state index is 13.0. The number of aliphatic hydroxyl groups is 1. The van der Waals surface area contributed by atoms with Crippen LogP contribution in [-0.2, 0) is 22.6 Å². The summed E-state index contributed by atoms with van der Waals surface area (Å²) in [5.41, 5.74) is 7.19. The van der Waals surface area contributed by atoms with E-state index in [1.165, 1.54) is 16.7 Å². The first-order chi connectivity index (χ1) is 25.0. The Morgan fingerprint density at radius 2 is 1.43 bits per heavy atom. The van der Waals surface area contributed by atoms with Gasteiger partial charge in [-0.25, -0.2) is 0 Å². The van der Waals surface area contributed by atoms with Crippen molar-refractivity contribution >= 4 is 23.6 Å². The van der Waals surface area contributed by atoms with E-state index in [0.717, 1.165) is 39.1 Å². The smallest absolute Gasteiger partial charge is 0.261 e. The van der Waals surface area contributed by atoms with Gasteiger partial charge in [-0.05, 0) is 74.6 Å². The van der Waals surface area contributed by atoms with Gasteiger partial charge >= 0.3 is 0 Å². The highest BCUT2D eigenvalue weighted by Crippen LogP contribution is 2.40. The van der Waals surface area contributed by atoms with Crippen molar-refractivity contribution in [2.24, 2.45) is 0 Å². The molecule has 6 aromatic rings. The van der Waals surface area contributed by atoms with Crippen molar-refractivity contribution in [2.45, 2.75) is 43.2 Å². The summed E-state index contributed by atoms with van der Waals surface area (Å²) in [5.74, 6) is 0.0385. The number of benzene rings is 5. The molecule has 10 nitrogen and oxygen atoms in total. The molecule has 1 N–H and O–H groups in total. The predicted molar refractivity (Wildman–Crippen MR) is 191 cm³/mol. The Hall–Kier alpha value is -5.46. The Morgan fingerprint density at radius 1 is 0.725 bits per heavy atom. The monoisotopic (exact) mass is 695 g/mol. The van der Waals surface area contributed by atoms with E-state index in [4.69, 9.17) is 9.47 Å². The summed E-state index contributed by atoms with van der Waals surface area (Å²) >= 11 is 1.53. The number of thioether (sulfide) groups is 1. The molecule has 8 rings (SSSR count). The van der Waals surface area contributed by atoms with E-state index in [-0.39, 0.29) is 37.2 Å². The van der Waals surface area contributed by atoms with Gasteiger partial charge in [0.15, 0.2) is 6.29 Å². The number of ether oxygens (including phenoxy) is 2. The van der Waals surface area contributed by atoms with Gasteiger partial charge in [-0.3, -0.25) is 14.5 Å². The van der Waals surface area contributed by atoms with E-state index in [1.807, 2.05) is 97.1 Å². The highest BCUT2D eigenvalue weighted by atomic mass is 32.2. The quantitative estimate of drug-likeness (QED) is 0.120. The molecule has 3 atom stereocenters. The van der Waals surface area contributed by atoms with Crippen molar-refractivity contribution in [3.8, 4) is 16.8 Å². The summed E-state index contributed by atoms with van der Waals surface area (Å²) in [5, 5.41) is 22.6. The van der Waals surface area contributed by atoms with Crippen LogP contribution in [0.5, 0.6) is 0 Å². The van der Waals surface area contributed by atoms with Crippen molar-refractivity contribution < 1.29 is 24.2 Å². The number of rotatable bonds is 10. The number of aliphatic hydroxyl groups excluding tert-OH is 1. The molecule has 5 aromatic carbocycles. The standard InChI is InChI=1S/C40H33N5O5S/c46-24-26-16-18-28(19-17-26)36-22-33(25-51-40-41-42-43-45(40)32-12-2-1-3-13-32)49-39(50-36)31-11-7-10-30(21-31)29-9-6-8-27(20-29)23-44-37(47)34-14-4-5-15-35(34)38(44)48/h1-21,33,36,39,46H,22-25H2/t33-,36+,39+/m0/s1. The minimum atomic E-state index is -0.654. The molecule has 0 bridgehead atoms. The molecule has 51 heavy (non-hydrogen) atoms. The third-order valence-corrected chi connectivity index (χ3v) is 10.1. The van der Waals surface area contributed by atoms with Gasteiger partial charge in [-0.15, -0.1) is 5.10 Å². The first kappa shape index (κ1) is 32.7. The second-order valence-corrected chi connectivity index (χ2v) is 13.4. The fourth-order valence-corrected chi connectivity index (χ4v) is 7.38. The molecule has 1 fully saturated rings. The summed E-state index contributed by atoms with van der Waals surface area (Å²) < 4.78 is 15.0. The van der Waals surface area contributed by atoms with Crippen LogP contribution in [-0.4, -0.2) is 53.9 Å². The number of tetrazole rings is 1. The molecule has 0 spiro atoms. The van der Waals surface area contributed by atoms with Crippen LogP contribution in [0.2, 0.25) is 0 Å². The van der Waals surface area contributed by atoms with Crippen LogP contribution in [0.4, 0.5) is 0 Å². The van der Waals surface area contributed by atoms with E-state index >= 15 is 0 Å². The molecular formula is C40H33N5O5S. The zero-order valence-electron chi connectivity index (χ0n) is 27.4. The Balaban J connectivity index is 1.03. The molecule has 2 aliphatic heterocycles. The highest BCUT2D eigenvalue weighted by molar-refractivity contribution is 7.99. The van der Waals surface area contributed by atoms with E-state index in [9.17, 15) is 14.7 Å². The lowest BCUT2D eigenvalue weighted by Crippen LogP contribution is -2.31. The largest absolute Gasteiger partial charge is 0.392 e. The number of amides is 2. The number of fused-ring (bicyclic) bond motifs is 1. The number of aromatic nitrogens is 4. The fraction of sp³-hybridized carbons (Fsp3) is 0.175. The topological polar surface area (TPSA) is 120 Å². The van der Waals surface area contributed by atoms with Gasteiger partial charge in [-0.1, -0.05) is 103 Å². The Morgan fingerprint density at radius 3 is 2.18 bits per heavy atom. The summed E-state index contributed by atoms with van der Waals surface area (Å²) in [7, 11) is 0. The summed E-state index contributed by atoms with van der Waals surface area (Å²) in [6, 6.07) is 40.4. The van der Waals surface area contributed by atoms with Crippen molar-refractivity contribution in [3.63, 3.8) is 0 Å². The molecule has 254 valence electrons. The predicted octanol–water partition coefficient (Wildman–Crippen LogP) is 6.96. The zero-order chi connectivity index (χ0) is 34.7. The number of hydrogen-bond acceptors (Lipinski definition) is 9. The average molecular weight is 696 g/mol. The number of hydrogen-bond donors (Lipinski definition) is 1. The second kappa shape index (κ2) is 14.4. The van der Waals surface area contributed by atoms with E-state index in [0.29, 0.717) is 28.5 Å². The average Bonchev–Trinajstić information content (AvgIpc) is 3.76. The Kier molecular flexibility index (Phi) is 9.25. The molecule has 2 amide bonds. The van der Waals surface area contributed by atoms with Crippen LogP contribution in [0.15, 0.2) is 133 Å². The fourth-order valence-electron chi connectivity index (χ4n) is 6.47. The summed E-state index contributed by atoms with van der Waals surface area (Å²) in [6.07, 6.45) is -0.477. The zero-order valence-corrected chi connectivity index (χ0v) is 28.2. The molecule has 3 heterocycles. The van der Waals surface area contributed by atoms with Crippen molar-refractivity contribution in [3.05, 3.63) is 161 Å². The molecule has 0 unspecified atom stereocenters. The lowest BCUT2D eigenvalue weighted by molar-refractivity contribution is -0.245. The van der Waals surface area contributed by atoms with Gasteiger partial charge in [-0.2, -0.15) is 4.68 Å². The number of carbonyl (C=O) groups excluding carboxylic acids is 2. The van der Waals surface area contributed by atoms with Crippen LogP contribution >= 0.6 is 11.8 Å². The number of imide groups is 1. The lowest BCUT2D eigenvalue weighted by Gasteiger charge is -2.36. The summed E-state index contributed by atoms with van der Waals surface area (Å²) in [4.78, 5) is 27.3. The molecule has 2 aliphatic rings. The first-order valence-electron chi connectivity index (χ1n) is 16.7. The molecule has 0 aliphatic carbocycles. The number of para-hydroxylation sites is 1. The minimum Gasteiger partial charge on any atom is -0.392 e.